The zero-order valence-corrected chi connectivity index (χ0v) is 13.7. The van der Waals surface area contributed by atoms with Gasteiger partial charge in [-0.1, -0.05) is 0 Å². The Morgan fingerprint density at radius 3 is 2.21 bits per heavy atom. The lowest BCUT2D eigenvalue weighted by molar-refractivity contribution is 0.0692. The molecule has 0 saturated heterocycles. The molecule has 0 bridgehead atoms. The highest BCUT2D eigenvalue weighted by Gasteiger charge is 2.32. The molecule has 1 heterocycles. The second-order valence-electron chi connectivity index (χ2n) is 5.83. The Labute approximate surface area is 139 Å². The van der Waals surface area contributed by atoms with Crippen molar-refractivity contribution in [1.29, 1.82) is 0 Å². The molecule has 0 unspecified atom stereocenters. The van der Waals surface area contributed by atoms with Gasteiger partial charge in [-0.3, -0.25) is 19.3 Å². The number of nitrogens with one attached hydrogen (secondary N) is 1. The minimum absolute atomic E-state index is 0.273. The number of hydrogen-bond acceptors (Lipinski definition) is 4. The predicted octanol–water partition coefficient (Wildman–Crippen LogP) is 2.23. The molecule has 0 atom stereocenters. The van der Waals surface area contributed by atoms with Crippen LogP contribution in [0.4, 0.5) is 11.4 Å². The molecule has 1 N–H and O–H groups in total. The molecule has 0 spiro atoms. The maximum absolute atomic E-state index is 12.3. The van der Waals surface area contributed by atoms with Gasteiger partial charge in [0, 0.05) is 38.1 Å². The number of benzene rings is 2. The summed E-state index contributed by atoms with van der Waals surface area (Å²) in [6.07, 6.45) is 0. The van der Waals surface area contributed by atoms with Gasteiger partial charge in [0.25, 0.3) is 17.7 Å². The fourth-order valence-electron chi connectivity index (χ4n) is 2.55. The van der Waals surface area contributed by atoms with Crippen molar-refractivity contribution >= 4 is 29.1 Å². The van der Waals surface area contributed by atoms with Crippen LogP contribution in [0.2, 0.25) is 0 Å². The van der Waals surface area contributed by atoms with Crippen LogP contribution in [0.25, 0.3) is 0 Å². The summed E-state index contributed by atoms with van der Waals surface area (Å²) in [5.74, 6) is -0.959. The number of hydrogen-bond donors (Lipinski definition) is 1. The Hall–Kier alpha value is -3.15. The minimum Gasteiger partial charge on any atom is -0.378 e. The van der Waals surface area contributed by atoms with E-state index in [2.05, 4.69) is 5.32 Å². The van der Waals surface area contributed by atoms with Crippen LogP contribution in [-0.4, -0.2) is 43.8 Å². The molecule has 3 amide bonds. The van der Waals surface area contributed by atoms with Crippen LogP contribution in [0.15, 0.2) is 42.5 Å². The number of amides is 3. The molecule has 2 aromatic carbocycles. The summed E-state index contributed by atoms with van der Waals surface area (Å²) in [4.78, 5) is 39.2. The van der Waals surface area contributed by atoms with E-state index in [9.17, 15) is 14.4 Å². The third-order valence-electron chi connectivity index (χ3n) is 3.99. The maximum atomic E-state index is 12.3. The van der Waals surface area contributed by atoms with Gasteiger partial charge in [0.1, 0.15) is 0 Å². The number of fused-ring (bicyclic) bond motifs is 1. The SMILES string of the molecule is CN1C(=O)c2ccc(NC(=O)c3ccc(N(C)C)cc3)cc2C1=O. The smallest absolute Gasteiger partial charge is 0.261 e. The molecule has 122 valence electrons. The Kier molecular flexibility index (Phi) is 3.81. The standard InChI is InChI=1S/C18H17N3O3/c1-20(2)13-7-4-11(5-8-13)16(22)19-12-6-9-14-15(10-12)18(24)21(3)17(14)23/h4-10H,1-3H3,(H,19,22). The minimum atomic E-state index is -0.360. The number of carbonyl (C=O) groups excluding carboxylic acids is 3. The van der Waals surface area contributed by atoms with Crippen LogP contribution in [0.3, 0.4) is 0 Å². The first-order valence-electron chi connectivity index (χ1n) is 7.43. The van der Waals surface area contributed by atoms with Crippen molar-refractivity contribution in [3.63, 3.8) is 0 Å². The number of rotatable bonds is 3. The number of carbonyl (C=O) groups is 3. The van der Waals surface area contributed by atoms with E-state index < -0.39 is 0 Å². The van der Waals surface area contributed by atoms with E-state index in [4.69, 9.17) is 0 Å². The lowest BCUT2D eigenvalue weighted by Crippen LogP contribution is -2.24. The van der Waals surface area contributed by atoms with Crippen LogP contribution in [0.5, 0.6) is 0 Å². The molecular formula is C18H17N3O3. The van der Waals surface area contributed by atoms with E-state index in [1.165, 1.54) is 13.1 Å². The van der Waals surface area contributed by atoms with Gasteiger partial charge < -0.3 is 10.2 Å². The molecule has 6 heteroatoms. The normalized spacial score (nSPS) is 13.0. The third kappa shape index (κ3) is 2.62. The zero-order valence-electron chi connectivity index (χ0n) is 13.7. The average Bonchev–Trinajstić information content (AvgIpc) is 2.79. The van der Waals surface area contributed by atoms with Crippen molar-refractivity contribution in [1.82, 2.24) is 4.90 Å². The molecule has 3 rings (SSSR count). The summed E-state index contributed by atoms with van der Waals surface area (Å²) in [5, 5.41) is 2.75. The summed E-state index contributed by atoms with van der Waals surface area (Å²) in [6.45, 7) is 0. The quantitative estimate of drug-likeness (QED) is 0.880. The molecule has 1 aliphatic heterocycles. The topological polar surface area (TPSA) is 69.7 Å². The highest BCUT2D eigenvalue weighted by Crippen LogP contribution is 2.25. The average molecular weight is 323 g/mol. The summed E-state index contributed by atoms with van der Waals surface area (Å²) in [7, 11) is 5.29. The zero-order chi connectivity index (χ0) is 17.4. The van der Waals surface area contributed by atoms with Crippen molar-refractivity contribution in [2.24, 2.45) is 0 Å². The Balaban J connectivity index is 1.81. The van der Waals surface area contributed by atoms with E-state index in [1.54, 1.807) is 24.3 Å². The Bertz CT molecular complexity index is 841. The molecule has 2 aromatic rings. The van der Waals surface area contributed by atoms with Gasteiger partial charge in [0.2, 0.25) is 0 Å². The van der Waals surface area contributed by atoms with Crippen LogP contribution in [-0.2, 0) is 0 Å². The van der Waals surface area contributed by atoms with Gasteiger partial charge >= 0.3 is 0 Å². The number of imide groups is 1. The van der Waals surface area contributed by atoms with Gasteiger partial charge in [-0.25, -0.2) is 0 Å². The largest absolute Gasteiger partial charge is 0.378 e. The Morgan fingerprint density at radius 2 is 1.58 bits per heavy atom. The first-order valence-corrected chi connectivity index (χ1v) is 7.43. The van der Waals surface area contributed by atoms with Crippen molar-refractivity contribution in [2.75, 3.05) is 31.4 Å². The molecule has 0 radical (unpaired) electrons. The van der Waals surface area contributed by atoms with Crippen molar-refractivity contribution in [3.8, 4) is 0 Å². The lowest BCUT2D eigenvalue weighted by Gasteiger charge is -2.12. The van der Waals surface area contributed by atoms with Gasteiger partial charge in [-0.15, -0.1) is 0 Å². The van der Waals surface area contributed by atoms with E-state index in [-0.39, 0.29) is 17.7 Å². The van der Waals surface area contributed by atoms with E-state index in [1.807, 2.05) is 31.1 Å². The van der Waals surface area contributed by atoms with Gasteiger partial charge in [-0.2, -0.15) is 0 Å². The molecule has 0 fully saturated rings. The maximum Gasteiger partial charge on any atom is 0.261 e. The van der Waals surface area contributed by atoms with Crippen molar-refractivity contribution in [2.45, 2.75) is 0 Å². The van der Waals surface area contributed by atoms with Crippen LogP contribution in [0, 0.1) is 0 Å². The Morgan fingerprint density at radius 1 is 0.958 bits per heavy atom. The first-order chi connectivity index (χ1) is 11.4. The van der Waals surface area contributed by atoms with Gasteiger partial charge in [0.05, 0.1) is 11.1 Å². The van der Waals surface area contributed by atoms with Crippen molar-refractivity contribution in [3.05, 3.63) is 59.2 Å². The molecule has 6 nitrogen and oxygen atoms in total. The monoisotopic (exact) mass is 323 g/mol. The summed E-state index contributed by atoms with van der Waals surface area (Å²) in [6, 6.07) is 11.9. The van der Waals surface area contributed by atoms with Gasteiger partial charge in [-0.05, 0) is 42.5 Å². The van der Waals surface area contributed by atoms with Crippen molar-refractivity contribution < 1.29 is 14.4 Å². The van der Waals surface area contributed by atoms with Crippen LogP contribution in [0.1, 0.15) is 31.1 Å². The highest BCUT2D eigenvalue weighted by atomic mass is 16.2. The second-order valence-corrected chi connectivity index (χ2v) is 5.83. The molecule has 0 aromatic heterocycles. The van der Waals surface area contributed by atoms with E-state index in [0.29, 0.717) is 22.4 Å². The number of nitrogens with zero attached hydrogens (tertiary/aromatic N) is 2. The van der Waals surface area contributed by atoms with E-state index in [0.717, 1.165) is 10.6 Å². The lowest BCUT2D eigenvalue weighted by atomic mass is 10.1. The summed E-state index contributed by atoms with van der Waals surface area (Å²) < 4.78 is 0. The summed E-state index contributed by atoms with van der Waals surface area (Å²) in [5.41, 5.74) is 2.66. The molecule has 0 aliphatic carbocycles. The predicted molar refractivity (Wildman–Crippen MR) is 91.6 cm³/mol. The van der Waals surface area contributed by atoms with Crippen LogP contribution < -0.4 is 10.2 Å². The number of anilines is 2. The van der Waals surface area contributed by atoms with E-state index >= 15 is 0 Å². The second kappa shape index (κ2) is 5.81. The molecule has 0 saturated carbocycles. The highest BCUT2D eigenvalue weighted by molar-refractivity contribution is 6.21. The van der Waals surface area contributed by atoms with Gasteiger partial charge in [0.15, 0.2) is 0 Å². The first kappa shape index (κ1) is 15.7. The molecular weight excluding hydrogens is 306 g/mol. The molecule has 1 aliphatic rings. The van der Waals surface area contributed by atoms with Crippen LogP contribution >= 0.6 is 0 Å². The third-order valence-corrected chi connectivity index (χ3v) is 3.99. The fourth-order valence-corrected chi connectivity index (χ4v) is 2.55. The molecule has 24 heavy (non-hydrogen) atoms. The fraction of sp³-hybridized carbons (Fsp3) is 0.167. The summed E-state index contributed by atoms with van der Waals surface area (Å²) >= 11 is 0.